The molecule has 4 aromatic rings. The summed E-state index contributed by atoms with van der Waals surface area (Å²) in [5.74, 6) is 0.194. The lowest BCUT2D eigenvalue weighted by Crippen LogP contribution is -2.56. The van der Waals surface area contributed by atoms with Crippen molar-refractivity contribution < 1.29 is 19.4 Å². The molecule has 0 radical (unpaired) electrons. The van der Waals surface area contributed by atoms with Gasteiger partial charge in [-0.05, 0) is 85.4 Å². The number of hydrogen-bond acceptors (Lipinski definition) is 8. The van der Waals surface area contributed by atoms with E-state index in [1.165, 1.54) is 0 Å². The SMILES string of the molecule is CN1CCC[C@H]1COc1nc(N2C3CCC2CN(C(=O)CC(N)=O)C3)c2ccc(-c3cc(O)cc4ccccc34)cc2n1. The minimum absolute atomic E-state index is 0.0668. The van der Waals surface area contributed by atoms with Gasteiger partial charge in [0.15, 0.2) is 0 Å². The van der Waals surface area contributed by atoms with Crippen LogP contribution in [0.2, 0.25) is 0 Å². The van der Waals surface area contributed by atoms with E-state index in [1.54, 1.807) is 17.0 Å². The van der Waals surface area contributed by atoms with Crippen molar-refractivity contribution in [3.05, 3.63) is 54.6 Å². The molecule has 3 aromatic carbocycles. The van der Waals surface area contributed by atoms with Gasteiger partial charge >= 0.3 is 6.01 Å². The highest BCUT2D eigenvalue weighted by Crippen LogP contribution is 2.40. The molecular formula is C33H36N6O4. The van der Waals surface area contributed by atoms with Gasteiger partial charge in [-0.2, -0.15) is 9.97 Å². The number of nitrogens with zero attached hydrogens (tertiary/aromatic N) is 5. The second-order valence-corrected chi connectivity index (χ2v) is 12.1. The van der Waals surface area contributed by atoms with E-state index >= 15 is 0 Å². The molecule has 0 aliphatic carbocycles. The molecule has 222 valence electrons. The number of piperazine rings is 1. The third-order valence-corrected chi connectivity index (χ3v) is 9.30. The summed E-state index contributed by atoms with van der Waals surface area (Å²) in [5, 5.41) is 13.4. The van der Waals surface area contributed by atoms with Gasteiger partial charge in [-0.3, -0.25) is 9.59 Å². The molecular weight excluding hydrogens is 544 g/mol. The Kier molecular flexibility index (Phi) is 7.01. The first-order valence-electron chi connectivity index (χ1n) is 15.1. The van der Waals surface area contributed by atoms with Crippen LogP contribution in [0.1, 0.15) is 32.1 Å². The van der Waals surface area contributed by atoms with Crippen LogP contribution in [0.4, 0.5) is 5.82 Å². The summed E-state index contributed by atoms with van der Waals surface area (Å²) in [6.45, 7) is 2.61. The van der Waals surface area contributed by atoms with Crippen LogP contribution < -0.4 is 15.4 Å². The summed E-state index contributed by atoms with van der Waals surface area (Å²) < 4.78 is 6.28. The number of hydrogen-bond donors (Lipinski definition) is 2. The van der Waals surface area contributed by atoms with E-state index in [0.717, 1.165) is 70.8 Å². The summed E-state index contributed by atoms with van der Waals surface area (Å²) in [5.41, 5.74) is 7.94. The van der Waals surface area contributed by atoms with Gasteiger partial charge in [-0.25, -0.2) is 0 Å². The maximum Gasteiger partial charge on any atom is 0.319 e. The van der Waals surface area contributed by atoms with Crippen molar-refractivity contribution in [1.82, 2.24) is 19.8 Å². The molecule has 3 N–H and O–H groups in total. The minimum atomic E-state index is -0.605. The topological polar surface area (TPSA) is 125 Å². The number of rotatable bonds is 7. The number of phenols is 1. The summed E-state index contributed by atoms with van der Waals surface area (Å²) >= 11 is 0. The Bertz CT molecular complexity index is 1710. The number of benzene rings is 3. The van der Waals surface area contributed by atoms with E-state index in [0.29, 0.717) is 31.7 Å². The quantitative estimate of drug-likeness (QED) is 0.317. The average molecular weight is 581 g/mol. The standard InChI is InChI=1S/C33H36N6O4/c1-37-12-4-6-24(37)19-43-33-35-29-14-21(28-15-25(40)13-20-5-2-3-7-26(20)28)8-11-27(29)32(36-33)39-22-9-10-23(39)18-38(17-22)31(42)16-30(34)41/h2-3,5,7-8,11,13-15,22-24,40H,4,6,9-10,12,16-19H2,1H3,(H2,34,41)/t22?,23?,24-/m0/s1. The maximum atomic E-state index is 12.7. The largest absolute Gasteiger partial charge is 0.508 e. The minimum Gasteiger partial charge on any atom is -0.508 e. The molecule has 3 aliphatic rings. The second kappa shape index (κ2) is 11.0. The molecule has 3 saturated heterocycles. The van der Waals surface area contributed by atoms with Crippen LogP contribution in [0.25, 0.3) is 32.8 Å². The van der Waals surface area contributed by atoms with Gasteiger partial charge in [0.05, 0.1) is 5.52 Å². The molecule has 2 amide bonds. The highest BCUT2D eigenvalue weighted by Gasteiger charge is 2.43. The Hall–Kier alpha value is -4.44. The summed E-state index contributed by atoms with van der Waals surface area (Å²) in [6.07, 6.45) is 3.81. The number of anilines is 1. The number of carbonyl (C=O) groups is 2. The molecule has 1 aromatic heterocycles. The van der Waals surface area contributed by atoms with Gasteiger partial charge < -0.3 is 30.3 Å². The van der Waals surface area contributed by atoms with Crippen molar-refractivity contribution in [2.45, 2.75) is 50.2 Å². The zero-order chi connectivity index (χ0) is 29.7. The molecule has 2 bridgehead atoms. The van der Waals surface area contributed by atoms with Crippen LogP contribution in [0, 0.1) is 0 Å². The number of ether oxygens (including phenoxy) is 1. The molecule has 0 saturated carbocycles. The van der Waals surface area contributed by atoms with Crippen LogP contribution in [0.5, 0.6) is 11.8 Å². The molecule has 4 heterocycles. The zero-order valence-electron chi connectivity index (χ0n) is 24.3. The van der Waals surface area contributed by atoms with Crippen molar-refractivity contribution in [1.29, 1.82) is 0 Å². The fourth-order valence-corrected chi connectivity index (χ4v) is 7.13. The number of amides is 2. The molecule has 43 heavy (non-hydrogen) atoms. The fourth-order valence-electron chi connectivity index (χ4n) is 7.13. The molecule has 2 unspecified atom stereocenters. The normalized spacial score (nSPS) is 22.0. The van der Waals surface area contributed by atoms with Crippen LogP contribution >= 0.6 is 0 Å². The van der Waals surface area contributed by atoms with Gasteiger partial charge in [0.25, 0.3) is 0 Å². The number of likely N-dealkylation sites (N-methyl/N-ethyl adjacent to an activating group) is 1. The second-order valence-electron chi connectivity index (χ2n) is 12.1. The molecule has 3 aliphatic heterocycles. The highest BCUT2D eigenvalue weighted by atomic mass is 16.5. The summed E-state index contributed by atoms with van der Waals surface area (Å²) in [6, 6.07) is 18.5. The highest BCUT2D eigenvalue weighted by molar-refractivity contribution is 6.01. The van der Waals surface area contributed by atoms with Crippen molar-refractivity contribution in [3.63, 3.8) is 0 Å². The average Bonchev–Trinajstić information content (AvgIpc) is 3.52. The number of aromatic nitrogens is 2. The van der Waals surface area contributed by atoms with Crippen molar-refractivity contribution in [2.24, 2.45) is 5.73 Å². The zero-order valence-corrected chi connectivity index (χ0v) is 24.3. The predicted octanol–water partition coefficient (Wildman–Crippen LogP) is 3.68. The van der Waals surface area contributed by atoms with E-state index in [-0.39, 0.29) is 30.2 Å². The third-order valence-electron chi connectivity index (χ3n) is 9.30. The Morgan fingerprint density at radius 2 is 1.79 bits per heavy atom. The number of aromatic hydroxyl groups is 1. The lowest BCUT2D eigenvalue weighted by atomic mass is 9.97. The van der Waals surface area contributed by atoms with Crippen LogP contribution in [0.15, 0.2) is 54.6 Å². The fraction of sp³-hybridized carbons (Fsp3) is 0.394. The monoisotopic (exact) mass is 580 g/mol. The van der Waals surface area contributed by atoms with Gasteiger partial charge in [0, 0.05) is 36.6 Å². The van der Waals surface area contributed by atoms with E-state index in [2.05, 4.69) is 35.0 Å². The molecule has 10 heteroatoms. The number of nitrogens with two attached hydrogens (primary N) is 1. The van der Waals surface area contributed by atoms with E-state index < -0.39 is 5.91 Å². The lowest BCUT2D eigenvalue weighted by Gasteiger charge is -2.42. The molecule has 3 fully saturated rings. The molecule has 0 spiro atoms. The van der Waals surface area contributed by atoms with Crippen LogP contribution in [0.3, 0.4) is 0 Å². The number of fused-ring (bicyclic) bond motifs is 4. The maximum absolute atomic E-state index is 12.7. The molecule has 3 atom stereocenters. The molecule has 10 nitrogen and oxygen atoms in total. The Balaban J connectivity index is 1.29. The van der Waals surface area contributed by atoms with E-state index in [9.17, 15) is 14.7 Å². The number of carbonyl (C=O) groups excluding carboxylic acids is 2. The first kappa shape index (κ1) is 27.4. The van der Waals surface area contributed by atoms with E-state index in [4.69, 9.17) is 20.4 Å². The van der Waals surface area contributed by atoms with Crippen LogP contribution in [-0.2, 0) is 9.59 Å². The number of phenolic OH excluding ortho intramolecular Hbond substituents is 1. The third kappa shape index (κ3) is 5.20. The van der Waals surface area contributed by atoms with Gasteiger partial charge in [0.1, 0.15) is 24.6 Å². The van der Waals surface area contributed by atoms with Crippen molar-refractivity contribution >= 4 is 39.3 Å². The predicted molar refractivity (Wildman–Crippen MR) is 165 cm³/mol. The van der Waals surface area contributed by atoms with E-state index in [1.807, 2.05) is 24.3 Å². The van der Waals surface area contributed by atoms with Crippen molar-refractivity contribution in [3.8, 4) is 22.9 Å². The van der Waals surface area contributed by atoms with Gasteiger partial charge in [-0.15, -0.1) is 0 Å². The van der Waals surface area contributed by atoms with Gasteiger partial charge in [-0.1, -0.05) is 30.3 Å². The number of likely N-dealkylation sites (tertiary alicyclic amines) is 2. The molecule has 7 rings (SSSR count). The Labute approximate surface area is 250 Å². The van der Waals surface area contributed by atoms with Crippen molar-refractivity contribution in [2.75, 3.05) is 38.2 Å². The summed E-state index contributed by atoms with van der Waals surface area (Å²) in [4.78, 5) is 40.4. The van der Waals surface area contributed by atoms with Gasteiger partial charge in [0.2, 0.25) is 11.8 Å². The van der Waals surface area contributed by atoms with Crippen LogP contribution in [-0.4, -0.2) is 88.1 Å². The first-order valence-corrected chi connectivity index (χ1v) is 15.1. The summed E-state index contributed by atoms with van der Waals surface area (Å²) in [7, 11) is 2.12. The lowest BCUT2D eigenvalue weighted by molar-refractivity contribution is -0.135. The Morgan fingerprint density at radius 1 is 1.00 bits per heavy atom. The number of primary amides is 1. The smallest absolute Gasteiger partial charge is 0.319 e. The Morgan fingerprint density at radius 3 is 2.53 bits per heavy atom. The first-order chi connectivity index (χ1) is 20.8.